The normalized spacial score (nSPS) is 10.8. The summed E-state index contributed by atoms with van der Waals surface area (Å²) in [5.41, 5.74) is 4.64. The van der Waals surface area contributed by atoms with Crippen molar-refractivity contribution in [1.29, 1.82) is 0 Å². The molecule has 2 N–H and O–H groups in total. The largest absolute Gasteiger partial charge is 0.326 e. The number of carbonyl (C=O) groups excluding carboxylic acids is 2. The molecule has 0 atom stereocenters. The van der Waals surface area contributed by atoms with Crippen LogP contribution >= 0.6 is 11.3 Å². The van der Waals surface area contributed by atoms with E-state index in [0.29, 0.717) is 10.8 Å². The van der Waals surface area contributed by atoms with Crippen molar-refractivity contribution in [1.82, 2.24) is 4.98 Å². The maximum absolute atomic E-state index is 12.2. The number of amides is 2. The van der Waals surface area contributed by atoms with Crippen LogP contribution in [0.15, 0.2) is 60.0 Å². The van der Waals surface area contributed by atoms with Gasteiger partial charge in [0.25, 0.3) is 0 Å². The molecule has 3 aromatic rings. The topological polar surface area (TPSA) is 71.1 Å². The summed E-state index contributed by atoms with van der Waals surface area (Å²) < 4.78 is 0. The Morgan fingerprint density at radius 3 is 2.57 bits per heavy atom. The number of aromatic nitrogens is 1. The molecular formula is C22H21N3O2S. The summed E-state index contributed by atoms with van der Waals surface area (Å²) in [6.07, 6.45) is 3.35. The lowest BCUT2D eigenvalue weighted by Crippen LogP contribution is -2.15. The first-order valence-corrected chi connectivity index (χ1v) is 9.73. The highest BCUT2D eigenvalue weighted by molar-refractivity contribution is 7.14. The molecule has 0 radical (unpaired) electrons. The second-order valence-electron chi connectivity index (χ2n) is 6.40. The lowest BCUT2D eigenvalue weighted by Gasteiger charge is -2.06. The summed E-state index contributed by atoms with van der Waals surface area (Å²) in [7, 11) is 0. The summed E-state index contributed by atoms with van der Waals surface area (Å²) in [5.74, 6) is -0.403. The lowest BCUT2D eigenvalue weighted by molar-refractivity contribution is -0.115. The van der Waals surface area contributed by atoms with Crippen LogP contribution in [0.1, 0.15) is 22.4 Å². The number of carbonyl (C=O) groups is 2. The second kappa shape index (κ2) is 9.10. The standard InChI is InChI=1S/C22H21N3O2S/c1-15-8-10-18(12-16(15)2)23-21(27)13-19-14-28-22(24-19)25-20(26)11-9-17-6-4-3-5-7-17/h3-12,14H,13H2,1-2H3,(H,23,27)(H,24,25,26)/b11-9+. The molecule has 0 unspecified atom stereocenters. The molecular weight excluding hydrogens is 370 g/mol. The van der Waals surface area contributed by atoms with Gasteiger partial charge in [0.2, 0.25) is 11.8 Å². The molecule has 3 rings (SSSR count). The van der Waals surface area contributed by atoms with E-state index < -0.39 is 0 Å². The third-order valence-corrected chi connectivity index (χ3v) is 4.95. The smallest absolute Gasteiger partial charge is 0.250 e. The Hall–Kier alpha value is -3.25. The van der Waals surface area contributed by atoms with Crippen molar-refractivity contribution in [3.8, 4) is 0 Å². The zero-order valence-electron chi connectivity index (χ0n) is 15.7. The van der Waals surface area contributed by atoms with Gasteiger partial charge in [0.15, 0.2) is 5.13 Å². The Bertz CT molecular complexity index is 1010. The van der Waals surface area contributed by atoms with Crippen molar-refractivity contribution in [2.24, 2.45) is 0 Å². The zero-order valence-corrected chi connectivity index (χ0v) is 16.5. The number of hydrogen-bond acceptors (Lipinski definition) is 4. The van der Waals surface area contributed by atoms with Gasteiger partial charge in [-0.3, -0.25) is 14.9 Å². The van der Waals surface area contributed by atoms with E-state index >= 15 is 0 Å². The zero-order chi connectivity index (χ0) is 19.9. The minimum atomic E-state index is -0.260. The van der Waals surface area contributed by atoms with Crippen LogP contribution < -0.4 is 10.6 Å². The molecule has 142 valence electrons. The van der Waals surface area contributed by atoms with E-state index in [-0.39, 0.29) is 18.2 Å². The van der Waals surface area contributed by atoms with E-state index in [2.05, 4.69) is 15.6 Å². The Kier molecular flexibility index (Phi) is 6.34. The predicted molar refractivity (Wildman–Crippen MR) is 114 cm³/mol. The molecule has 1 heterocycles. The summed E-state index contributed by atoms with van der Waals surface area (Å²) in [5, 5.41) is 7.84. The summed E-state index contributed by atoms with van der Waals surface area (Å²) in [6, 6.07) is 15.4. The Morgan fingerprint density at radius 2 is 1.82 bits per heavy atom. The van der Waals surface area contributed by atoms with Gasteiger partial charge in [-0.25, -0.2) is 4.98 Å². The van der Waals surface area contributed by atoms with Crippen molar-refractivity contribution >= 4 is 40.0 Å². The van der Waals surface area contributed by atoms with Crippen LogP contribution in [0.5, 0.6) is 0 Å². The molecule has 2 amide bonds. The van der Waals surface area contributed by atoms with Gasteiger partial charge in [-0.2, -0.15) is 0 Å². The number of hydrogen-bond donors (Lipinski definition) is 2. The third kappa shape index (κ3) is 5.62. The number of benzene rings is 2. The molecule has 2 aromatic carbocycles. The van der Waals surface area contributed by atoms with Crippen LogP contribution in [0, 0.1) is 13.8 Å². The van der Waals surface area contributed by atoms with Crippen LogP contribution in [-0.4, -0.2) is 16.8 Å². The highest BCUT2D eigenvalue weighted by atomic mass is 32.1. The van der Waals surface area contributed by atoms with Crippen molar-refractivity contribution in [3.05, 3.63) is 82.4 Å². The number of nitrogens with zero attached hydrogens (tertiary/aromatic N) is 1. The summed E-state index contributed by atoms with van der Waals surface area (Å²) in [4.78, 5) is 28.5. The van der Waals surface area contributed by atoms with Crippen molar-refractivity contribution in [2.75, 3.05) is 10.6 Å². The number of thiazole rings is 1. The molecule has 0 aliphatic heterocycles. The molecule has 5 nitrogen and oxygen atoms in total. The fraction of sp³-hybridized carbons (Fsp3) is 0.136. The van der Waals surface area contributed by atoms with Crippen LogP contribution in [0.2, 0.25) is 0 Å². The number of aryl methyl sites for hydroxylation is 2. The molecule has 0 saturated carbocycles. The number of anilines is 2. The molecule has 28 heavy (non-hydrogen) atoms. The van der Waals surface area contributed by atoms with Crippen LogP contribution in [0.25, 0.3) is 6.08 Å². The fourth-order valence-electron chi connectivity index (χ4n) is 2.52. The van der Waals surface area contributed by atoms with Gasteiger partial charge in [0.1, 0.15) is 0 Å². The SMILES string of the molecule is Cc1ccc(NC(=O)Cc2csc(NC(=O)/C=C/c3ccccc3)n2)cc1C. The average molecular weight is 391 g/mol. The minimum absolute atomic E-state index is 0.143. The number of rotatable bonds is 6. The predicted octanol–water partition coefficient (Wildman–Crippen LogP) is 4.59. The van der Waals surface area contributed by atoms with Gasteiger partial charge in [-0.15, -0.1) is 11.3 Å². The Labute approximate surface area is 168 Å². The summed E-state index contributed by atoms with van der Waals surface area (Å²) >= 11 is 1.30. The molecule has 6 heteroatoms. The molecule has 0 aliphatic rings. The lowest BCUT2D eigenvalue weighted by atomic mass is 10.1. The second-order valence-corrected chi connectivity index (χ2v) is 7.26. The van der Waals surface area contributed by atoms with E-state index in [1.807, 2.05) is 62.4 Å². The Balaban J connectivity index is 1.53. The van der Waals surface area contributed by atoms with Crippen LogP contribution in [0.3, 0.4) is 0 Å². The van der Waals surface area contributed by atoms with E-state index in [1.165, 1.54) is 23.0 Å². The quantitative estimate of drug-likeness (QED) is 0.604. The molecule has 0 saturated heterocycles. The molecule has 0 bridgehead atoms. The van der Waals surface area contributed by atoms with E-state index in [4.69, 9.17) is 0 Å². The first kappa shape index (κ1) is 19.5. The van der Waals surface area contributed by atoms with Gasteiger partial charge in [-0.1, -0.05) is 36.4 Å². The highest BCUT2D eigenvalue weighted by Crippen LogP contribution is 2.18. The van der Waals surface area contributed by atoms with Gasteiger partial charge < -0.3 is 5.32 Å². The maximum Gasteiger partial charge on any atom is 0.250 e. The molecule has 0 spiro atoms. The van der Waals surface area contributed by atoms with Crippen molar-refractivity contribution < 1.29 is 9.59 Å². The monoisotopic (exact) mass is 391 g/mol. The van der Waals surface area contributed by atoms with Crippen LogP contribution in [-0.2, 0) is 16.0 Å². The first-order chi connectivity index (χ1) is 13.5. The number of nitrogens with one attached hydrogen (secondary N) is 2. The van der Waals surface area contributed by atoms with Crippen molar-refractivity contribution in [3.63, 3.8) is 0 Å². The van der Waals surface area contributed by atoms with E-state index in [9.17, 15) is 9.59 Å². The van der Waals surface area contributed by atoms with Gasteiger partial charge in [0.05, 0.1) is 12.1 Å². The molecule has 1 aromatic heterocycles. The maximum atomic E-state index is 12.2. The average Bonchev–Trinajstić information content (AvgIpc) is 3.10. The fourth-order valence-corrected chi connectivity index (χ4v) is 3.23. The van der Waals surface area contributed by atoms with Crippen molar-refractivity contribution in [2.45, 2.75) is 20.3 Å². The minimum Gasteiger partial charge on any atom is -0.326 e. The van der Waals surface area contributed by atoms with E-state index in [0.717, 1.165) is 16.8 Å². The summed E-state index contributed by atoms with van der Waals surface area (Å²) in [6.45, 7) is 4.04. The first-order valence-electron chi connectivity index (χ1n) is 8.85. The van der Waals surface area contributed by atoms with Gasteiger partial charge in [0, 0.05) is 17.1 Å². The van der Waals surface area contributed by atoms with Crippen LogP contribution in [0.4, 0.5) is 10.8 Å². The van der Waals surface area contributed by atoms with Gasteiger partial charge >= 0.3 is 0 Å². The Morgan fingerprint density at radius 1 is 1.04 bits per heavy atom. The molecule has 0 aliphatic carbocycles. The van der Waals surface area contributed by atoms with E-state index in [1.54, 1.807) is 11.5 Å². The van der Waals surface area contributed by atoms with Gasteiger partial charge in [-0.05, 0) is 48.7 Å². The highest BCUT2D eigenvalue weighted by Gasteiger charge is 2.10. The third-order valence-electron chi connectivity index (χ3n) is 4.14. The molecule has 0 fully saturated rings.